The van der Waals surface area contributed by atoms with Gasteiger partial charge in [-0.25, -0.2) is 9.48 Å². The first-order valence-electron chi connectivity index (χ1n) is 8.77. The minimum atomic E-state index is -0.266. The Bertz CT molecular complexity index is 926. The van der Waals surface area contributed by atoms with E-state index in [0.29, 0.717) is 23.9 Å². The number of urea groups is 1. The minimum Gasteiger partial charge on any atom is -0.337 e. The topological polar surface area (TPSA) is 87.6 Å². The molecular weight excluding hydrogens is 364 g/mol. The summed E-state index contributed by atoms with van der Waals surface area (Å²) in [6.45, 7) is 6.84. The highest BCUT2D eigenvalue weighted by Crippen LogP contribution is 2.20. The number of benzene rings is 1. The Morgan fingerprint density at radius 2 is 2.04 bits per heavy atom. The average molecular weight is 387 g/mol. The number of rotatable bonds is 6. The summed E-state index contributed by atoms with van der Waals surface area (Å²) in [7, 11) is 0. The summed E-state index contributed by atoms with van der Waals surface area (Å²) in [6.07, 6.45) is 2.45. The first-order valence-corrected chi connectivity index (χ1v) is 9.14. The van der Waals surface area contributed by atoms with Crippen molar-refractivity contribution in [2.45, 2.75) is 33.7 Å². The largest absolute Gasteiger partial charge is 0.337 e. The summed E-state index contributed by atoms with van der Waals surface area (Å²) in [5.74, 6) is 0.656. The van der Waals surface area contributed by atoms with E-state index in [9.17, 15) is 4.79 Å². The predicted molar refractivity (Wildman–Crippen MR) is 106 cm³/mol. The molecule has 0 unspecified atom stereocenters. The van der Waals surface area contributed by atoms with E-state index in [4.69, 9.17) is 11.6 Å². The zero-order valence-corrected chi connectivity index (χ0v) is 16.4. The highest BCUT2D eigenvalue weighted by atomic mass is 35.5. The molecule has 1 aromatic carbocycles. The summed E-state index contributed by atoms with van der Waals surface area (Å²) in [5, 5.41) is 17.9. The molecule has 0 saturated carbocycles. The highest BCUT2D eigenvalue weighted by Gasteiger charge is 2.13. The van der Waals surface area contributed by atoms with Crippen LogP contribution in [0.15, 0.2) is 30.5 Å². The first kappa shape index (κ1) is 19.0. The summed E-state index contributed by atoms with van der Waals surface area (Å²) >= 11 is 6.23. The van der Waals surface area contributed by atoms with E-state index in [2.05, 4.69) is 25.9 Å². The zero-order chi connectivity index (χ0) is 19.4. The van der Waals surface area contributed by atoms with Crippen molar-refractivity contribution in [2.24, 2.45) is 0 Å². The van der Waals surface area contributed by atoms with Crippen molar-refractivity contribution in [1.29, 1.82) is 0 Å². The van der Waals surface area contributed by atoms with Gasteiger partial charge in [0.15, 0.2) is 0 Å². The highest BCUT2D eigenvalue weighted by molar-refractivity contribution is 6.31. The van der Waals surface area contributed by atoms with Crippen molar-refractivity contribution in [1.82, 2.24) is 25.3 Å². The Balaban J connectivity index is 1.61. The number of hydrogen-bond donors (Lipinski definition) is 3. The fraction of sp³-hybridized carbons (Fsp3) is 0.316. The van der Waals surface area contributed by atoms with Crippen LogP contribution in [0.1, 0.15) is 28.1 Å². The van der Waals surface area contributed by atoms with E-state index < -0.39 is 0 Å². The van der Waals surface area contributed by atoms with Gasteiger partial charge in [0.05, 0.1) is 18.4 Å². The molecule has 0 aliphatic heterocycles. The normalized spacial score (nSPS) is 10.8. The average Bonchev–Trinajstić information content (AvgIpc) is 3.14. The quantitative estimate of drug-likeness (QED) is 0.604. The lowest BCUT2D eigenvalue weighted by atomic mass is 10.1. The van der Waals surface area contributed by atoms with E-state index >= 15 is 0 Å². The monoisotopic (exact) mass is 386 g/mol. The number of halogens is 1. The van der Waals surface area contributed by atoms with Gasteiger partial charge in [0, 0.05) is 22.8 Å². The summed E-state index contributed by atoms with van der Waals surface area (Å²) in [5.41, 5.74) is 4.96. The van der Waals surface area contributed by atoms with Crippen LogP contribution in [0.2, 0.25) is 5.02 Å². The lowest BCUT2D eigenvalue weighted by Crippen LogP contribution is -2.31. The number of carbonyl (C=O) groups excluding carboxylic acids is 1. The lowest BCUT2D eigenvalue weighted by Gasteiger charge is -2.12. The summed E-state index contributed by atoms with van der Waals surface area (Å²) < 4.78 is 1.74. The number of amides is 2. The van der Waals surface area contributed by atoms with Crippen LogP contribution < -0.4 is 10.6 Å². The third kappa shape index (κ3) is 4.49. The van der Waals surface area contributed by atoms with Gasteiger partial charge in [0.2, 0.25) is 0 Å². The van der Waals surface area contributed by atoms with Gasteiger partial charge in [-0.3, -0.25) is 10.4 Å². The van der Waals surface area contributed by atoms with Crippen molar-refractivity contribution >= 4 is 23.4 Å². The van der Waals surface area contributed by atoms with Gasteiger partial charge >= 0.3 is 6.03 Å². The van der Waals surface area contributed by atoms with Gasteiger partial charge < -0.3 is 5.32 Å². The second-order valence-electron chi connectivity index (χ2n) is 6.47. The van der Waals surface area contributed by atoms with E-state index in [1.165, 1.54) is 0 Å². The molecule has 0 saturated heterocycles. The number of anilines is 1. The van der Waals surface area contributed by atoms with Crippen LogP contribution in [0, 0.1) is 20.8 Å². The zero-order valence-electron chi connectivity index (χ0n) is 15.6. The smallest absolute Gasteiger partial charge is 0.320 e. The van der Waals surface area contributed by atoms with Crippen LogP contribution in [-0.4, -0.2) is 32.6 Å². The third-order valence-electron chi connectivity index (χ3n) is 4.47. The Morgan fingerprint density at radius 3 is 2.74 bits per heavy atom. The fourth-order valence-electron chi connectivity index (χ4n) is 2.94. The van der Waals surface area contributed by atoms with Crippen molar-refractivity contribution in [2.75, 3.05) is 11.9 Å². The van der Waals surface area contributed by atoms with E-state index in [1.807, 2.05) is 45.0 Å². The number of aromatic nitrogens is 4. The van der Waals surface area contributed by atoms with Crippen LogP contribution >= 0.6 is 11.6 Å². The van der Waals surface area contributed by atoms with Gasteiger partial charge in [-0.2, -0.15) is 10.2 Å². The molecule has 0 aliphatic rings. The number of nitrogens with zero attached hydrogens (tertiary/aromatic N) is 3. The van der Waals surface area contributed by atoms with Crippen LogP contribution in [0.3, 0.4) is 0 Å². The molecule has 27 heavy (non-hydrogen) atoms. The molecule has 3 N–H and O–H groups in total. The Kier molecular flexibility index (Phi) is 5.81. The second kappa shape index (κ2) is 8.26. The number of hydrogen-bond acceptors (Lipinski definition) is 3. The van der Waals surface area contributed by atoms with Gasteiger partial charge in [-0.05, 0) is 44.4 Å². The summed E-state index contributed by atoms with van der Waals surface area (Å²) in [6, 6.07) is 7.33. The number of aryl methyl sites for hydroxylation is 3. The molecule has 0 aliphatic carbocycles. The van der Waals surface area contributed by atoms with Crippen LogP contribution in [0.25, 0.3) is 0 Å². The standard InChI is InChI=1S/C19H23ClN6O/c1-12-10-22-26(11-15-6-4-5-7-17(15)20)18(12)23-19(27)21-9-8-16-13(2)24-25-14(16)3/h4-7,10H,8-9,11H2,1-3H3,(H,24,25)(H2,21,23,27). The predicted octanol–water partition coefficient (Wildman–Crippen LogP) is 3.60. The van der Waals surface area contributed by atoms with Crippen molar-refractivity contribution in [3.63, 3.8) is 0 Å². The number of carbonyl (C=O) groups is 1. The first-order chi connectivity index (χ1) is 13.0. The Labute approximate surface area is 163 Å². The van der Waals surface area contributed by atoms with Gasteiger partial charge in [0.1, 0.15) is 5.82 Å². The van der Waals surface area contributed by atoms with E-state index in [0.717, 1.165) is 34.5 Å². The second-order valence-corrected chi connectivity index (χ2v) is 6.88. The molecule has 0 atom stereocenters. The van der Waals surface area contributed by atoms with E-state index in [1.54, 1.807) is 10.9 Å². The fourth-order valence-corrected chi connectivity index (χ4v) is 3.14. The molecule has 2 aromatic heterocycles. The van der Waals surface area contributed by atoms with E-state index in [-0.39, 0.29) is 6.03 Å². The number of H-pyrrole nitrogens is 1. The molecule has 2 amide bonds. The molecule has 7 nitrogen and oxygen atoms in total. The summed E-state index contributed by atoms with van der Waals surface area (Å²) in [4.78, 5) is 12.3. The molecular formula is C19H23ClN6O. The van der Waals surface area contributed by atoms with Crippen molar-refractivity contribution < 1.29 is 4.79 Å². The molecule has 0 bridgehead atoms. The van der Waals surface area contributed by atoms with Gasteiger partial charge in [0.25, 0.3) is 0 Å². The SMILES string of the molecule is Cc1cnn(Cc2ccccc2Cl)c1NC(=O)NCCc1c(C)n[nH]c1C. The molecule has 142 valence electrons. The minimum absolute atomic E-state index is 0.266. The number of nitrogens with one attached hydrogen (secondary N) is 3. The molecule has 3 aromatic rings. The Hall–Kier alpha value is -2.80. The lowest BCUT2D eigenvalue weighted by molar-refractivity contribution is 0.252. The molecule has 8 heteroatoms. The number of aromatic amines is 1. The van der Waals surface area contributed by atoms with Crippen LogP contribution in [0.4, 0.5) is 10.6 Å². The van der Waals surface area contributed by atoms with Crippen LogP contribution in [0.5, 0.6) is 0 Å². The van der Waals surface area contributed by atoms with Crippen molar-refractivity contribution in [3.8, 4) is 0 Å². The third-order valence-corrected chi connectivity index (χ3v) is 4.84. The molecule has 3 rings (SSSR count). The maximum Gasteiger partial charge on any atom is 0.320 e. The van der Waals surface area contributed by atoms with Crippen LogP contribution in [-0.2, 0) is 13.0 Å². The maximum absolute atomic E-state index is 12.3. The molecule has 0 radical (unpaired) electrons. The van der Waals surface area contributed by atoms with Gasteiger partial charge in [-0.1, -0.05) is 29.8 Å². The Morgan fingerprint density at radius 1 is 1.26 bits per heavy atom. The van der Waals surface area contributed by atoms with Crippen molar-refractivity contribution in [3.05, 3.63) is 63.6 Å². The van der Waals surface area contributed by atoms with Gasteiger partial charge in [-0.15, -0.1) is 0 Å². The molecule has 0 spiro atoms. The maximum atomic E-state index is 12.3. The molecule has 2 heterocycles. The molecule has 0 fully saturated rings.